The average molecular weight is 529 g/mol. The fourth-order valence-corrected chi connectivity index (χ4v) is 4.26. The van der Waals surface area contributed by atoms with Crippen LogP contribution in [-0.2, 0) is 22.6 Å². The number of morpholine rings is 1. The second kappa shape index (κ2) is 12.7. The van der Waals surface area contributed by atoms with Crippen LogP contribution in [0.4, 0.5) is 15.8 Å². The second-order valence-corrected chi connectivity index (χ2v) is 8.82. The van der Waals surface area contributed by atoms with Gasteiger partial charge in [0.25, 0.3) is 0 Å². The monoisotopic (exact) mass is 528 g/mol. The Labute approximate surface area is 221 Å². The summed E-state index contributed by atoms with van der Waals surface area (Å²) < 4.78 is 35.4. The Morgan fingerprint density at radius 3 is 2.62 bits per heavy atom. The minimum absolute atomic E-state index is 0.180. The van der Waals surface area contributed by atoms with Crippen molar-refractivity contribution in [2.24, 2.45) is 0 Å². The summed E-state index contributed by atoms with van der Waals surface area (Å²) in [6, 6.07) is 15.5. The van der Waals surface area contributed by atoms with Crippen LogP contribution in [-0.4, -0.2) is 46.0 Å². The van der Waals surface area contributed by atoms with Gasteiger partial charge in [-0.15, -0.1) is 0 Å². The van der Waals surface area contributed by atoms with E-state index < -0.39 is 5.82 Å². The van der Waals surface area contributed by atoms with Crippen LogP contribution in [0.15, 0.2) is 54.6 Å². The molecule has 0 spiro atoms. The molecule has 0 radical (unpaired) electrons. The molecule has 196 valence electrons. The Bertz CT molecular complexity index is 1230. The molecule has 9 heteroatoms. The molecule has 3 aromatic carbocycles. The predicted molar refractivity (Wildman–Crippen MR) is 141 cm³/mol. The summed E-state index contributed by atoms with van der Waals surface area (Å²) in [5.41, 5.74) is 3.80. The molecule has 1 heterocycles. The first-order valence-electron chi connectivity index (χ1n) is 12.1. The van der Waals surface area contributed by atoms with Gasteiger partial charge in [0, 0.05) is 30.9 Å². The van der Waals surface area contributed by atoms with Crippen LogP contribution in [0, 0.1) is 5.82 Å². The molecule has 0 unspecified atom stereocenters. The van der Waals surface area contributed by atoms with Gasteiger partial charge in [0.15, 0.2) is 11.5 Å². The Kier molecular flexibility index (Phi) is 9.09. The van der Waals surface area contributed by atoms with E-state index in [2.05, 4.69) is 10.2 Å². The van der Waals surface area contributed by atoms with Gasteiger partial charge in [-0.25, -0.2) is 9.18 Å². The summed E-state index contributed by atoms with van der Waals surface area (Å²) in [6.07, 6.45) is 0. The SMILES string of the molecule is CCOC(=O)c1cc(NCc2ccc(OCc3ccc(F)cc3Cl)c(OC)c2)ccc1N1CCOCC1. The third-order valence-electron chi connectivity index (χ3n) is 5.97. The van der Waals surface area contributed by atoms with E-state index in [9.17, 15) is 9.18 Å². The van der Waals surface area contributed by atoms with Crippen LogP contribution >= 0.6 is 11.6 Å². The fraction of sp³-hybridized carbons (Fsp3) is 0.321. The van der Waals surface area contributed by atoms with Crippen molar-refractivity contribution in [2.75, 3.05) is 50.2 Å². The number of hydrogen-bond acceptors (Lipinski definition) is 7. The maximum atomic E-state index is 13.3. The third-order valence-corrected chi connectivity index (χ3v) is 6.32. The van der Waals surface area contributed by atoms with Gasteiger partial charge < -0.3 is 29.2 Å². The van der Waals surface area contributed by atoms with E-state index in [1.54, 1.807) is 20.1 Å². The number of carbonyl (C=O) groups is 1. The summed E-state index contributed by atoms with van der Waals surface area (Å²) in [6.45, 7) is 5.48. The maximum absolute atomic E-state index is 13.3. The smallest absolute Gasteiger partial charge is 0.340 e. The molecule has 1 fully saturated rings. The number of hydrogen-bond donors (Lipinski definition) is 1. The molecule has 4 rings (SSSR count). The Morgan fingerprint density at radius 1 is 1.08 bits per heavy atom. The number of benzene rings is 3. The third kappa shape index (κ3) is 6.84. The van der Waals surface area contributed by atoms with Gasteiger partial charge in [-0.05, 0) is 55.0 Å². The molecular formula is C28H30ClFN2O5. The number of halogens is 2. The highest BCUT2D eigenvalue weighted by molar-refractivity contribution is 6.31. The molecule has 0 atom stereocenters. The lowest BCUT2D eigenvalue weighted by molar-refractivity contribution is 0.0526. The van der Waals surface area contributed by atoms with Crippen molar-refractivity contribution in [2.45, 2.75) is 20.1 Å². The van der Waals surface area contributed by atoms with Gasteiger partial charge in [0.05, 0.1) is 43.2 Å². The van der Waals surface area contributed by atoms with Crippen LogP contribution in [0.3, 0.4) is 0 Å². The Balaban J connectivity index is 1.45. The summed E-state index contributed by atoms with van der Waals surface area (Å²) in [5.74, 6) is 0.365. The van der Waals surface area contributed by atoms with E-state index in [0.29, 0.717) is 54.0 Å². The van der Waals surface area contributed by atoms with E-state index in [4.69, 9.17) is 30.5 Å². The van der Waals surface area contributed by atoms with E-state index in [-0.39, 0.29) is 12.6 Å². The topological polar surface area (TPSA) is 69.3 Å². The van der Waals surface area contributed by atoms with Crippen molar-refractivity contribution >= 4 is 28.9 Å². The highest BCUT2D eigenvalue weighted by atomic mass is 35.5. The number of esters is 1. The summed E-state index contributed by atoms with van der Waals surface area (Å²) in [5, 5.41) is 3.68. The average Bonchev–Trinajstić information content (AvgIpc) is 2.92. The van der Waals surface area contributed by atoms with Gasteiger partial charge in [-0.3, -0.25) is 0 Å². The molecular weight excluding hydrogens is 499 g/mol. The first-order chi connectivity index (χ1) is 18.0. The molecule has 1 aliphatic rings. The number of nitrogens with one attached hydrogen (secondary N) is 1. The summed E-state index contributed by atoms with van der Waals surface area (Å²) >= 11 is 6.10. The van der Waals surface area contributed by atoms with Gasteiger partial charge in [-0.1, -0.05) is 23.7 Å². The quantitative estimate of drug-likeness (QED) is 0.339. The first kappa shape index (κ1) is 26.6. The number of carbonyl (C=O) groups excluding carboxylic acids is 1. The van der Waals surface area contributed by atoms with Crippen LogP contribution in [0.1, 0.15) is 28.4 Å². The van der Waals surface area contributed by atoms with Crippen molar-refractivity contribution in [3.8, 4) is 11.5 Å². The van der Waals surface area contributed by atoms with Crippen molar-refractivity contribution in [3.63, 3.8) is 0 Å². The van der Waals surface area contributed by atoms with E-state index in [0.717, 1.165) is 30.0 Å². The largest absolute Gasteiger partial charge is 0.493 e. The van der Waals surface area contributed by atoms with E-state index >= 15 is 0 Å². The van der Waals surface area contributed by atoms with Gasteiger partial charge in [-0.2, -0.15) is 0 Å². The van der Waals surface area contributed by atoms with Crippen LogP contribution < -0.4 is 19.7 Å². The zero-order chi connectivity index (χ0) is 26.2. The predicted octanol–water partition coefficient (Wildman–Crippen LogP) is 5.69. The minimum atomic E-state index is -0.395. The van der Waals surface area contributed by atoms with Crippen LogP contribution in [0.2, 0.25) is 5.02 Å². The molecule has 0 saturated carbocycles. The van der Waals surface area contributed by atoms with Crippen LogP contribution in [0.25, 0.3) is 0 Å². The number of anilines is 2. The number of ether oxygens (including phenoxy) is 4. The molecule has 0 aromatic heterocycles. The lowest BCUT2D eigenvalue weighted by Crippen LogP contribution is -2.37. The standard InChI is InChI=1S/C28H30ClFN2O5/c1-3-36-28(33)23-16-22(7-8-25(23)32-10-12-35-13-11-32)31-17-19-4-9-26(27(14-19)34-2)37-18-20-5-6-21(30)15-24(20)29/h4-9,14-16,31H,3,10-13,17-18H2,1-2H3. The molecule has 0 aliphatic carbocycles. The normalized spacial score (nSPS) is 13.2. The Hall–Kier alpha value is -3.49. The number of nitrogens with zero attached hydrogens (tertiary/aromatic N) is 1. The van der Waals surface area contributed by atoms with Crippen LogP contribution in [0.5, 0.6) is 11.5 Å². The summed E-state index contributed by atoms with van der Waals surface area (Å²) in [7, 11) is 1.57. The molecule has 37 heavy (non-hydrogen) atoms. The van der Waals surface area contributed by atoms with Crippen molar-refractivity contribution in [1.82, 2.24) is 0 Å². The maximum Gasteiger partial charge on any atom is 0.340 e. The van der Waals surface area contributed by atoms with Crippen molar-refractivity contribution < 1.29 is 28.1 Å². The Morgan fingerprint density at radius 2 is 1.89 bits per heavy atom. The van der Waals surface area contributed by atoms with Crippen molar-refractivity contribution in [1.29, 1.82) is 0 Å². The highest BCUT2D eigenvalue weighted by Gasteiger charge is 2.20. The molecule has 7 nitrogen and oxygen atoms in total. The van der Waals surface area contributed by atoms with E-state index in [1.807, 2.05) is 36.4 Å². The lowest BCUT2D eigenvalue weighted by Gasteiger charge is -2.30. The second-order valence-electron chi connectivity index (χ2n) is 8.41. The van der Waals surface area contributed by atoms with Gasteiger partial charge in [0.2, 0.25) is 0 Å². The van der Waals surface area contributed by atoms with E-state index in [1.165, 1.54) is 12.1 Å². The highest BCUT2D eigenvalue weighted by Crippen LogP contribution is 2.31. The zero-order valence-electron chi connectivity index (χ0n) is 20.9. The fourth-order valence-electron chi connectivity index (χ4n) is 4.04. The minimum Gasteiger partial charge on any atom is -0.493 e. The lowest BCUT2D eigenvalue weighted by atomic mass is 10.1. The molecule has 1 N–H and O–H groups in total. The molecule has 0 amide bonds. The molecule has 3 aromatic rings. The first-order valence-corrected chi connectivity index (χ1v) is 12.5. The zero-order valence-corrected chi connectivity index (χ0v) is 21.6. The number of methoxy groups -OCH3 is 1. The summed E-state index contributed by atoms with van der Waals surface area (Å²) in [4.78, 5) is 14.8. The number of rotatable bonds is 10. The molecule has 0 bridgehead atoms. The molecule has 1 saturated heterocycles. The van der Waals surface area contributed by atoms with Gasteiger partial charge in [0.1, 0.15) is 12.4 Å². The van der Waals surface area contributed by atoms with Crippen molar-refractivity contribution in [3.05, 3.63) is 82.1 Å². The molecule has 1 aliphatic heterocycles. The van der Waals surface area contributed by atoms with Gasteiger partial charge >= 0.3 is 5.97 Å².